The van der Waals surface area contributed by atoms with Gasteiger partial charge in [0.25, 0.3) is 0 Å². The molecular formula is C14H11FO2S. The molecule has 1 heterocycles. The molecule has 2 aromatic rings. The summed E-state index contributed by atoms with van der Waals surface area (Å²) in [5.74, 6) is -1.22. The summed E-state index contributed by atoms with van der Waals surface area (Å²) in [6.07, 6.45) is 1.18. The standard InChI is InChI=1S/C14H11FO2S/c1-9(8-14(16)17)12-6-7-13(18-12)10-2-4-11(15)5-3-10/h2-8H,1H3,(H,16,17)/b9-8+. The molecule has 0 atom stereocenters. The summed E-state index contributed by atoms with van der Waals surface area (Å²) in [5.41, 5.74) is 1.64. The van der Waals surface area contributed by atoms with E-state index < -0.39 is 5.97 Å². The van der Waals surface area contributed by atoms with E-state index in [-0.39, 0.29) is 5.82 Å². The van der Waals surface area contributed by atoms with Crippen molar-refractivity contribution in [3.63, 3.8) is 0 Å². The van der Waals surface area contributed by atoms with E-state index in [4.69, 9.17) is 5.11 Å². The van der Waals surface area contributed by atoms with Gasteiger partial charge in [-0.15, -0.1) is 11.3 Å². The fourth-order valence-electron chi connectivity index (χ4n) is 1.58. The number of halogens is 1. The summed E-state index contributed by atoms with van der Waals surface area (Å²) < 4.78 is 12.8. The van der Waals surface area contributed by atoms with Crippen LogP contribution in [-0.4, -0.2) is 11.1 Å². The van der Waals surface area contributed by atoms with Crippen LogP contribution in [0.3, 0.4) is 0 Å². The molecule has 0 saturated heterocycles. The Kier molecular flexibility index (Phi) is 3.58. The normalized spacial score (nSPS) is 11.6. The monoisotopic (exact) mass is 262 g/mol. The maximum atomic E-state index is 12.8. The first-order valence-electron chi connectivity index (χ1n) is 5.33. The van der Waals surface area contributed by atoms with Crippen molar-refractivity contribution >= 4 is 22.9 Å². The van der Waals surface area contributed by atoms with Crippen molar-refractivity contribution in [1.29, 1.82) is 0 Å². The Morgan fingerprint density at radius 2 is 1.89 bits per heavy atom. The van der Waals surface area contributed by atoms with Gasteiger partial charge in [-0.3, -0.25) is 0 Å². The number of hydrogen-bond donors (Lipinski definition) is 1. The van der Waals surface area contributed by atoms with E-state index in [9.17, 15) is 9.18 Å². The van der Waals surface area contributed by atoms with E-state index in [0.29, 0.717) is 5.57 Å². The molecule has 0 radical (unpaired) electrons. The lowest BCUT2D eigenvalue weighted by molar-refractivity contribution is -0.131. The van der Waals surface area contributed by atoms with E-state index in [1.807, 2.05) is 12.1 Å². The molecule has 0 spiro atoms. The zero-order valence-electron chi connectivity index (χ0n) is 9.68. The van der Waals surface area contributed by atoms with Gasteiger partial charge in [-0.05, 0) is 42.3 Å². The number of rotatable bonds is 3. The van der Waals surface area contributed by atoms with E-state index in [1.165, 1.54) is 29.5 Å². The topological polar surface area (TPSA) is 37.3 Å². The highest BCUT2D eigenvalue weighted by Crippen LogP contribution is 2.31. The van der Waals surface area contributed by atoms with Gasteiger partial charge in [0.1, 0.15) is 5.82 Å². The number of thiophene rings is 1. The van der Waals surface area contributed by atoms with Crippen LogP contribution in [0.25, 0.3) is 16.0 Å². The predicted molar refractivity (Wildman–Crippen MR) is 71.0 cm³/mol. The van der Waals surface area contributed by atoms with Gasteiger partial charge >= 0.3 is 5.97 Å². The van der Waals surface area contributed by atoms with Crippen LogP contribution >= 0.6 is 11.3 Å². The number of allylic oxidation sites excluding steroid dienone is 1. The van der Waals surface area contributed by atoms with Crippen LogP contribution < -0.4 is 0 Å². The second kappa shape index (κ2) is 5.14. The van der Waals surface area contributed by atoms with E-state index in [2.05, 4.69) is 0 Å². The average Bonchev–Trinajstić information content (AvgIpc) is 2.78. The summed E-state index contributed by atoms with van der Waals surface area (Å²) in [6.45, 7) is 1.76. The van der Waals surface area contributed by atoms with Crippen LogP contribution in [0.1, 0.15) is 11.8 Å². The molecule has 0 fully saturated rings. The number of hydrogen-bond acceptors (Lipinski definition) is 2. The molecule has 0 unspecified atom stereocenters. The minimum absolute atomic E-state index is 0.266. The zero-order chi connectivity index (χ0) is 13.1. The van der Waals surface area contributed by atoms with Crippen molar-refractivity contribution in [1.82, 2.24) is 0 Å². The molecule has 2 rings (SSSR count). The smallest absolute Gasteiger partial charge is 0.328 e. The SMILES string of the molecule is C/C(=C\C(=O)O)c1ccc(-c2ccc(F)cc2)s1. The third kappa shape index (κ3) is 2.84. The Bertz CT molecular complexity index is 597. The van der Waals surface area contributed by atoms with Gasteiger partial charge in [0, 0.05) is 15.8 Å². The predicted octanol–water partition coefficient (Wildman–Crippen LogP) is 4.04. The van der Waals surface area contributed by atoms with Gasteiger partial charge in [0.15, 0.2) is 0 Å². The first-order chi connectivity index (χ1) is 8.56. The van der Waals surface area contributed by atoms with Gasteiger partial charge in [-0.25, -0.2) is 9.18 Å². The quantitative estimate of drug-likeness (QED) is 0.847. The third-order valence-corrected chi connectivity index (χ3v) is 3.73. The van der Waals surface area contributed by atoms with Crippen LogP contribution in [0.2, 0.25) is 0 Å². The van der Waals surface area contributed by atoms with E-state index in [0.717, 1.165) is 15.3 Å². The van der Waals surface area contributed by atoms with Crippen molar-refractivity contribution in [2.24, 2.45) is 0 Å². The molecular weight excluding hydrogens is 251 g/mol. The molecule has 0 bridgehead atoms. The largest absolute Gasteiger partial charge is 0.478 e. The molecule has 0 aliphatic rings. The van der Waals surface area contributed by atoms with Crippen molar-refractivity contribution in [3.8, 4) is 10.4 Å². The van der Waals surface area contributed by atoms with Crippen LogP contribution in [0.5, 0.6) is 0 Å². The fraction of sp³-hybridized carbons (Fsp3) is 0.0714. The molecule has 1 aromatic heterocycles. The highest BCUT2D eigenvalue weighted by atomic mass is 32.1. The van der Waals surface area contributed by atoms with Crippen molar-refractivity contribution in [2.45, 2.75) is 6.92 Å². The maximum absolute atomic E-state index is 12.8. The Labute approximate surface area is 108 Å². The fourth-order valence-corrected chi connectivity index (χ4v) is 2.56. The minimum atomic E-state index is -0.954. The highest BCUT2D eigenvalue weighted by Gasteiger charge is 2.05. The Balaban J connectivity index is 2.31. The van der Waals surface area contributed by atoms with Gasteiger partial charge in [0.05, 0.1) is 0 Å². The second-order valence-corrected chi connectivity index (χ2v) is 4.92. The van der Waals surface area contributed by atoms with E-state index in [1.54, 1.807) is 19.1 Å². The molecule has 0 saturated carbocycles. The van der Waals surface area contributed by atoms with Gasteiger partial charge in [0.2, 0.25) is 0 Å². The first-order valence-corrected chi connectivity index (χ1v) is 6.15. The molecule has 0 aliphatic heterocycles. The van der Waals surface area contributed by atoms with Gasteiger partial charge < -0.3 is 5.11 Å². The first kappa shape index (κ1) is 12.5. The van der Waals surface area contributed by atoms with Crippen LogP contribution in [-0.2, 0) is 4.79 Å². The minimum Gasteiger partial charge on any atom is -0.478 e. The average molecular weight is 262 g/mol. The van der Waals surface area contributed by atoms with Crippen molar-refractivity contribution in [3.05, 3.63) is 53.2 Å². The van der Waals surface area contributed by atoms with Crippen LogP contribution in [0, 0.1) is 5.82 Å². The summed E-state index contributed by atoms with van der Waals surface area (Å²) >= 11 is 1.49. The maximum Gasteiger partial charge on any atom is 0.328 e. The molecule has 0 aliphatic carbocycles. The molecule has 4 heteroatoms. The van der Waals surface area contributed by atoms with Gasteiger partial charge in [-0.2, -0.15) is 0 Å². The van der Waals surface area contributed by atoms with Crippen LogP contribution in [0.15, 0.2) is 42.5 Å². The summed E-state index contributed by atoms with van der Waals surface area (Å²) in [7, 11) is 0. The number of carboxylic acids is 1. The van der Waals surface area contributed by atoms with E-state index >= 15 is 0 Å². The molecule has 92 valence electrons. The Morgan fingerprint density at radius 3 is 2.50 bits per heavy atom. The van der Waals surface area contributed by atoms with Crippen molar-refractivity contribution < 1.29 is 14.3 Å². The lowest BCUT2D eigenvalue weighted by Gasteiger charge is -1.97. The van der Waals surface area contributed by atoms with Crippen LogP contribution in [0.4, 0.5) is 4.39 Å². The Hall–Kier alpha value is -1.94. The molecule has 0 amide bonds. The third-order valence-electron chi connectivity index (χ3n) is 2.46. The number of aliphatic carboxylic acids is 1. The molecule has 1 N–H and O–H groups in total. The summed E-state index contributed by atoms with van der Waals surface area (Å²) in [4.78, 5) is 12.5. The highest BCUT2D eigenvalue weighted by molar-refractivity contribution is 7.16. The lowest BCUT2D eigenvalue weighted by Crippen LogP contribution is -1.88. The molecule has 2 nitrogen and oxygen atoms in total. The summed E-state index contributed by atoms with van der Waals surface area (Å²) in [6, 6.07) is 10.0. The number of carbonyl (C=O) groups is 1. The Morgan fingerprint density at radius 1 is 1.22 bits per heavy atom. The molecule has 1 aromatic carbocycles. The number of benzene rings is 1. The van der Waals surface area contributed by atoms with Crippen molar-refractivity contribution in [2.75, 3.05) is 0 Å². The lowest BCUT2D eigenvalue weighted by atomic mass is 10.2. The number of carboxylic acid groups (broad SMARTS) is 1. The van der Waals surface area contributed by atoms with Gasteiger partial charge in [-0.1, -0.05) is 12.1 Å². The molecule has 18 heavy (non-hydrogen) atoms. The summed E-state index contributed by atoms with van der Waals surface area (Å²) in [5, 5.41) is 8.69. The second-order valence-electron chi connectivity index (χ2n) is 3.84. The zero-order valence-corrected chi connectivity index (χ0v) is 10.5.